The molecule has 3 aromatic carbocycles. The zero-order valence-corrected chi connectivity index (χ0v) is 17.3. The molecule has 0 saturated carbocycles. The zero-order valence-electron chi connectivity index (χ0n) is 17.3. The lowest BCUT2D eigenvalue weighted by molar-refractivity contribution is -0.159. The van der Waals surface area contributed by atoms with E-state index in [1.807, 2.05) is 30.3 Å². The van der Waals surface area contributed by atoms with Crippen molar-refractivity contribution in [1.29, 1.82) is 0 Å². The lowest BCUT2D eigenvalue weighted by Gasteiger charge is -2.12. The first-order chi connectivity index (χ1) is 15.8. The molecule has 1 heterocycles. The maximum atomic E-state index is 12.6. The monoisotopic (exact) mass is 457 g/mol. The van der Waals surface area contributed by atoms with Gasteiger partial charge in [-0.05, 0) is 47.2 Å². The van der Waals surface area contributed by atoms with Crippen molar-refractivity contribution in [2.75, 3.05) is 20.3 Å². The lowest BCUT2D eigenvalue weighted by atomic mass is 10.1. The van der Waals surface area contributed by atoms with Crippen LogP contribution < -0.4 is 14.8 Å². The van der Waals surface area contributed by atoms with Crippen LogP contribution in [-0.4, -0.2) is 36.3 Å². The number of methoxy groups -OCH3 is 1. The van der Waals surface area contributed by atoms with Gasteiger partial charge in [0.05, 0.1) is 19.2 Å². The zero-order chi connectivity index (χ0) is 23.4. The molecule has 0 bridgehead atoms. The van der Waals surface area contributed by atoms with Crippen LogP contribution in [0.4, 0.5) is 13.2 Å². The van der Waals surface area contributed by atoms with Crippen LogP contribution in [0.3, 0.4) is 0 Å². The summed E-state index contributed by atoms with van der Waals surface area (Å²) in [7, 11) is 1.51. The van der Waals surface area contributed by atoms with E-state index < -0.39 is 12.1 Å². The smallest absolute Gasteiger partial charge is 0.471 e. The van der Waals surface area contributed by atoms with E-state index in [0.717, 1.165) is 10.8 Å². The lowest BCUT2D eigenvalue weighted by Crippen LogP contribution is -2.28. The van der Waals surface area contributed by atoms with Gasteiger partial charge in [0.1, 0.15) is 18.1 Å². The molecule has 0 spiro atoms. The van der Waals surface area contributed by atoms with Crippen molar-refractivity contribution in [2.24, 2.45) is 0 Å². The van der Waals surface area contributed by atoms with E-state index in [9.17, 15) is 18.0 Å². The fourth-order valence-corrected chi connectivity index (χ4v) is 3.15. The molecule has 0 fully saturated rings. The van der Waals surface area contributed by atoms with E-state index in [1.54, 1.807) is 18.2 Å². The Kier molecular flexibility index (Phi) is 6.16. The molecule has 7 nitrogen and oxygen atoms in total. The maximum absolute atomic E-state index is 12.6. The fourth-order valence-electron chi connectivity index (χ4n) is 3.15. The van der Waals surface area contributed by atoms with E-state index in [4.69, 9.17) is 9.47 Å². The van der Waals surface area contributed by atoms with E-state index in [-0.39, 0.29) is 24.9 Å². The number of hydrogen-bond acceptors (Lipinski definition) is 6. The first-order valence-electron chi connectivity index (χ1n) is 9.84. The first kappa shape index (κ1) is 22.1. The summed E-state index contributed by atoms with van der Waals surface area (Å²) in [5, 5.41) is 8.00. The predicted octanol–water partition coefficient (Wildman–Crippen LogP) is 4.73. The van der Waals surface area contributed by atoms with Gasteiger partial charge < -0.3 is 19.3 Å². The Morgan fingerprint density at radius 2 is 1.76 bits per heavy atom. The van der Waals surface area contributed by atoms with Crippen molar-refractivity contribution in [3.63, 3.8) is 0 Å². The molecule has 0 saturated heterocycles. The topological polar surface area (TPSA) is 86.5 Å². The second kappa shape index (κ2) is 9.19. The van der Waals surface area contributed by atoms with Crippen LogP contribution in [0, 0.1) is 0 Å². The Morgan fingerprint density at radius 1 is 1.06 bits per heavy atom. The van der Waals surface area contributed by atoms with E-state index in [1.165, 1.54) is 19.2 Å². The molecule has 170 valence electrons. The molecule has 0 unspecified atom stereocenters. The first-order valence-corrected chi connectivity index (χ1v) is 9.84. The third-order valence-electron chi connectivity index (χ3n) is 4.75. The van der Waals surface area contributed by atoms with Crippen LogP contribution in [0.15, 0.2) is 65.2 Å². The van der Waals surface area contributed by atoms with Crippen LogP contribution in [0.5, 0.6) is 11.5 Å². The highest BCUT2D eigenvalue weighted by Gasteiger charge is 2.38. The van der Waals surface area contributed by atoms with E-state index in [0.29, 0.717) is 22.6 Å². The number of ether oxygens (including phenoxy) is 2. The third kappa shape index (κ3) is 5.05. The number of hydrogen-bond donors (Lipinski definition) is 1. The number of nitrogens with one attached hydrogen (secondary N) is 1. The van der Waals surface area contributed by atoms with Crippen LogP contribution in [0.1, 0.15) is 16.2 Å². The minimum absolute atomic E-state index is 0.175. The number of benzene rings is 3. The number of alkyl halides is 3. The van der Waals surface area contributed by atoms with Crippen LogP contribution in [0.2, 0.25) is 0 Å². The molecule has 0 aliphatic rings. The molecule has 4 rings (SSSR count). The minimum atomic E-state index is -4.70. The number of amides is 1. The van der Waals surface area contributed by atoms with Crippen molar-refractivity contribution in [1.82, 2.24) is 15.5 Å². The molecule has 10 heteroatoms. The van der Waals surface area contributed by atoms with Gasteiger partial charge in [0.25, 0.3) is 5.91 Å². The number of nitrogens with zero attached hydrogens (tertiary/aromatic N) is 2. The number of fused-ring (bicyclic) bond motifs is 1. The highest BCUT2D eigenvalue weighted by molar-refractivity contribution is 6.01. The molecule has 0 atom stereocenters. The highest BCUT2D eigenvalue weighted by atomic mass is 19.4. The predicted molar refractivity (Wildman–Crippen MR) is 113 cm³/mol. The summed E-state index contributed by atoms with van der Waals surface area (Å²) in [5.41, 5.74) is 0.761. The largest absolute Gasteiger partial charge is 0.496 e. The quantitative estimate of drug-likeness (QED) is 0.404. The van der Waals surface area contributed by atoms with Gasteiger partial charge in [-0.1, -0.05) is 29.4 Å². The summed E-state index contributed by atoms with van der Waals surface area (Å²) in [6, 6.07) is 17.4. The van der Waals surface area contributed by atoms with Gasteiger partial charge in [0, 0.05) is 5.56 Å². The van der Waals surface area contributed by atoms with Crippen molar-refractivity contribution >= 4 is 16.7 Å². The van der Waals surface area contributed by atoms with Gasteiger partial charge in [-0.2, -0.15) is 18.2 Å². The van der Waals surface area contributed by atoms with Crippen LogP contribution in [-0.2, 0) is 6.18 Å². The van der Waals surface area contributed by atoms with Gasteiger partial charge in [0.2, 0.25) is 5.82 Å². The molecule has 0 aliphatic carbocycles. The fraction of sp³-hybridized carbons (Fsp3) is 0.174. The van der Waals surface area contributed by atoms with Gasteiger partial charge in [0.15, 0.2) is 0 Å². The average molecular weight is 457 g/mol. The van der Waals surface area contributed by atoms with Crippen molar-refractivity contribution in [2.45, 2.75) is 6.18 Å². The minimum Gasteiger partial charge on any atom is -0.496 e. The highest BCUT2D eigenvalue weighted by Crippen LogP contribution is 2.30. The number of carbonyl (C=O) groups is 1. The molecular formula is C23H18F3N3O4. The second-order valence-corrected chi connectivity index (χ2v) is 6.95. The number of aromatic nitrogens is 2. The standard InChI is InChI=1S/C23H18F3N3O4/c1-31-19-13-16-5-3-2-4-15(16)12-18(19)21(30)27-10-11-32-17-8-6-14(7-9-17)20-28-22(33-29-20)23(24,25)26/h2-9,12-13H,10-11H2,1H3,(H,27,30). The molecule has 1 amide bonds. The van der Waals surface area contributed by atoms with Gasteiger partial charge in [-0.3, -0.25) is 4.79 Å². The third-order valence-corrected chi connectivity index (χ3v) is 4.75. The summed E-state index contributed by atoms with van der Waals surface area (Å²) in [4.78, 5) is 15.9. The molecule has 1 aromatic heterocycles. The Hall–Kier alpha value is -4.08. The average Bonchev–Trinajstić information content (AvgIpc) is 3.32. The van der Waals surface area contributed by atoms with Crippen molar-refractivity contribution in [3.8, 4) is 22.9 Å². The molecular weight excluding hydrogens is 439 g/mol. The number of halogens is 3. The molecule has 1 N–H and O–H groups in total. The molecule has 0 aliphatic heterocycles. The summed E-state index contributed by atoms with van der Waals surface area (Å²) >= 11 is 0. The summed E-state index contributed by atoms with van der Waals surface area (Å²) in [6.07, 6.45) is -4.70. The molecule has 0 radical (unpaired) electrons. The van der Waals surface area contributed by atoms with E-state index >= 15 is 0 Å². The van der Waals surface area contributed by atoms with Crippen LogP contribution in [0.25, 0.3) is 22.2 Å². The maximum Gasteiger partial charge on any atom is 0.471 e. The summed E-state index contributed by atoms with van der Waals surface area (Å²) in [5.74, 6) is -0.940. The Balaban J connectivity index is 1.32. The van der Waals surface area contributed by atoms with E-state index in [2.05, 4.69) is 20.0 Å². The Bertz CT molecular complexity index is 1270. The SMILES string of the molecule is COc1cc2ccccc2cc1C(=O)NCCOc1ccc(-c2noc(C(F)(F)F)n2)cc1. The number of carbonyl (C=O) groups excluding carboxylic acids is 1. The normalized spacial score (nSPS) is 11.4. The second-order valence-electron chi connectivity index (χ2n) is 6.95. The van der Waals surface area contributed by atoms with Crippen LogP contribution >= 0.6 is 0 Å². The Labute approximate surface area is 186 Å². The van der Waals surface area contributed by atoms with Crippen molar-refractivity contribution < 1.29 is 32.0 Å². The Morgan fingerprint density at radius 3 is 2.39 bits per heavy atom. The molecule has 4 aromatic rings. The van der Waals surface area contributed by atoms with Gasteiger partial charge in [-0.25, -0.2) is 0 Å². The molecule has 33 heavy (non-hydrogen) atoms. The van der Waals surface area contributed by atoms with Gasteiger partial charge in [-0.15, -0.1) is 0 Å². The summed E-state index contributed by atoms with van der Waals surface area (Å²) < 4.78 is 52.9. The van der Waals surface area contributed by atoms with Gasteiger partial charge >= 0.3 is 12.1 Å². The van der Waals surface area contributed by atoms with Crippen molar-refractivity contribution in [3.05, 3.63) is 72.1 Å². The number of rotatable bonds is 7. The summed E-state index contributed by atoms with van der Waals surface area (Å²) in [6.45, 7) is 0.414.